The fourth-order valence-corrected chi connectivity index (χ4v) is 1.72. The molecule has 1 aromatic carbocycles. The molecule has 1 heterocycles. The summed E-state index contributed by atoms with van der Waals surface area (Å²) in [4.78, 5) is 14.4. The predicted octanol–water partition coefficient (Wildman–Crippen LogP) is 1.87. The van der Waals surface area contributed by atoms with Gasteiger partial charge in [-0.3, -0.25) is 0 Å². The van der Waals surface area contributed by atoms with Crippen molar-refractivity contribution >= 4 is 21.9 Å². The number of nitrogens with zero attached hydrogens (tertiary/aromatic N) is 3. The Balaban J connectivity index is 2.60. The Kier molecular flexibility index (Phi) is 2.69. The molecule has 2 aromatic rings. The van der Waals surface area contributed by atoms with Crippen LogP contribution in [0.3, 0.4) is 0 Å². The van der Waals surface area contributed by atoms with Crippen molar-refractivity contribution < 1.29 is 14.3 Å². The van der Waals surface area contributed by atoms with E-state index in [1.54, 1.807) is 0 Å². The fourth-order valence-electron chi connectivity index (χ4n) is 1.21. The molecule has 0 unspecified atom stereocenters. The van der Waals surface area contributed by atoms with Crippen molar-refractivity contribution in [3.63, 3.8) is 0 Å². The summed E-state index contributed by atoms with van der Waals surface area (Å²) in [6, 6.07) is 2.63. The summed E-state index contributed by atoms with van der Waals surface area (Å²) in [5.74, 6) is -1.89. The van der Waals surface area contributed by atoms with Gasteiger partial charge in [0, 0.05) is 0 Å². The molecule has 0 aliphatic carbocycles. The Morgan fingerprint density at radius 1 is 1.50 bits per heavy atom. The topological polar surface area (TPSA) is 68.0 Å². The summed E-state index contributed by atoms with van der Waals surface area (Å²) >= 11 is 2.90. The van der Waals surface area contributed by atoms with Crippen LogP contribution in [0, 0.1) is 5.82 Å². The number of aromatic nitrogens is 3. The van der Waals surface area contributed by atoms with E-state index < -0.39 is 11.8 Å². The van der Waals surface area contributed by atoms with Crippen molar-refractivity contribution in [2.45, 2.75) is 0 Å². The van der Waals surface area contributed by atoms with Crippen LogP contribution in [0.4, 0.5) is 4.39 Å². The summed E-state index contributed by atoms with van der Waals surface area (Å²) in [6.45, 7) is 0. The van der Waals surface area contributed by atoms with Gasteiger partial charge in [-0.15, -0.1) is 0 Å². The monoisotopic (exact) mass is 285 g/mol. The highest BCUT2D eigenvalue weighted by Crippen LogP contribution is 2.25. The van der Waals surface area contributed by atoms with Crippen LogP contribution >= 0.6 is 15.9 Å². The summed E-state index contributed by atoms with van der Waals surface area (Å²) in [5.41, 5.74) is -0.00394. The van der Waals surface area contributed by atoms with Gasteiger partial charge in [-0.1, -0.05) is 0 Å². The Bertz CT molecular complexity index is 542. The van der Waals surface area contributed by atoms with E-state index >= 15 is 0 Å². The Morgan fingerprint density at radius 2 is 2.25 bits per heavy atom. The molecule has 0 bridgehead atoms. The van der Waals surface area contributed by atoms with E-state index in [0.717, 1.165) is 0 Å². The average molecular weight is 286 g/mol. The lowest BCUT2D eigenvalue weighted by Gasteiger charge is -2.06. The van der Waals surface area contributed by atoms with Crippen molar-refractivity contribution in [3.8, 4) is 5.69 Å². The van der Waals surface area contributed by atoms with Gasteiger partial charge in [-0.05, 0) is 28.1 Å². The van der Waals surface area contributed by atoms with Gasteiger partial charge in [0.15, 0.2) is 5.82 Å². The van der Waals surface area contributed by atoms with Crippen LogP contribution in [-0.4, -0.2) is 25.8 Å². The van der Waals surface area contributed by atoms with Gasteiger partial charge in [-0.2, -0.15) is 5.10 Å². The SMILES string of the molecule is O=C(O)c1ccc(-n2cncn2)c(F)c1Br. The number of aromatic carboxylic acids is 1. The van der Waals surface area contributed by atoms with Gasteiger partial charge < -0.3 is 5.11 Å². The minimum Gasteiger partial charge on any atom is -0.478 e. The zero-order valence-corrected chi connectivity index (χ0v) is 9.35. The molecular weight excluding hydrogens is 281 g/mol. The lowest BCUT2D eigenvalue weighted by molar-refractivity contribution is 0.0695. The first-order valence-corrected chi connectivity index (χ1v) is 4.97. The quantitative estimate of drug-likeness (QED) is 0.915. The van der Waals surface area contributed by atoms with Crippen molar-refractivity contribution in [2.75, 3.05) is 0 Å². The number of carbonyl (C=O) groups is 1. The van der Waals surface area contributed by atoms with Gasteiger partial charge in [0.2, 0.25) is 0 Å². The third-order valence-electron chi connectivity index (χ3n) is 1.96. The van der Waals surface area contributed by atoms with E-state index in [1.807, 2.05) is 0 Å². The lowest BCUT2D eigenvalue weighted by Crippen LogP contribution is -2.04. The molecule has 1 N–H and O–H groups in total. The summed E-state index contributed by atoms with van der Waals surface area (Å²) in [6.07, 6.45) is 2.59. The molecular formula is C9H5BrFN3O2. The van der Waals surface area contributed by atoms with Crippen LogP contribution in [-0.2, 0) is 0 Å². The minimum absolute atomic E-state index is 0.104. The molecule has 82 valence electrons. The molecule has 0 saturated heterocycles. The minimum atomic E-state index is -1.20. The standard InChI is InChI=1S/C9H5BrFN3O2/c10-7-5(9(15)16)1-2-6(8(7)11)14-4-12-3-13-14/h1-4H,(H,15,16). The van der Waals surface area contributed by atoms with Crippen LogP contribution in [0.2, 0.25) is 0 Å². The van der Waals surface area contributed by atoms with Gasteiger partial charge >= 0.3 is 5.97 Å². The van der Waals surface area contributed by atoms with Gasteiger partial charge in [0.05, 0.1) is 10.0 Å². The van der Waals surface area contributed by atoms with Crippen molar-refractivity contribution in [1.29, 1.82) is 0 Å². The molecule has 0 aliphatic rings. The van der Waals surface area contributed by atoms with Gasteiger partial charge in [0.25, 0.3) is 0 Å². The van der Waals surface area contributed by atoms with Crippen LogP contribution in [0.1, 0.15) is 10.4 Å². The van der Waals surface area contributed by atoms with Crippen LogP contribution in [0.5, 0.6) is 0 Å². The highest BCUT2D eigenvalue weighted by atomic mass is 79.9. The third-order valence-corrected chi connectivity index (χ3v) is 2.73. The maximum Gasteiger partial charge on any atom is 0.336 e. The Hall–Kier alpha value is -1.76. The molecule has 0 saturated carbocycles. The zero-order valence-electron chi connectivity index (χ0n) is 7.76. The van der Waals surface area contributed by atoms with Crippen LogP contribution in [0.15, 0.2) is 29.3 Å². The highest BCUT2D eigenvalue weighted by Gasteiger charge is 2.16. The van der Waals surface area contributed by atoms with Crippen molar-refractivity contribution in [2.24, 2.45) is 0 Å². The summed E-state index contributed by atoms with van der Waals surface area (Å²) in [5, 5.41) is 12.5. The molecule has 0 atom stereocenters. The third kappa shape index (κ3) is 1.69. The average Bonchev–Trinajstić information content (AvgIpc) is 2.74. The number of benzene rings is 1. The molecule has 7 heteroatoms. The van der Waals surface area contributed by atoms with Crippen LogP contribution in [0.25, 0.3) is 5.69 Å². The molecule has 0 aliphatic heterocycles. The molecule has 0 radical (unpaired) electrons. The van der Waals surface area contributed by atoms with Crippen LogP contribution < -0.4 is 0 Å². The maximum absolute atomic E-state index is 13.8. The summed E-state index contributed by atoms with van der Waals surface area (Å²) < 4.78 is 14.9. The van der Waals surface area contributed by atoms with E-state index in [1.165, 1.54) is 29.5 Å². The number of halogens is 2. The molecule has 16 heavy (non-hydrogen) atoms. The van der Waals surface area contributed by atoms with Gasteiger partial charge in [-0.25, -0.2) is 18.9 Å². The first kappa shape index (κ1) is 10.7. The second-order valence-electron chi connectivity index (χ2n) is 2.91. The number of rotatable bonds is 2. The number of hydrogen-bond acceptors (Lipinski definition) is 3. The normalized spacial score (nSPS) is 10.4. The smallest absolute Gasteiger partial charge is 0.336 e. The molecule has 0 fully saturated rings. The molecule has 2 rings (SSSR count). The second kappa shape index (κ2) is 4.01. The van der Waals surface area contributed by atoms with E-state index in [2.05, 4.69) is 26.0 Å². The first-order chi connectivity index (χ1) is 7.61. The maximum atomic E-state index is 13.8. The van der Waals surface area contributed by atoms with Gasteiger partial charge in [0.1, 0.15) is 18.3 Å². The molecule has 5 nitrogen and oxygen atoms in total. The molecule has 1 aromatic heterocycles. The Morgan fingerprint density at radius 3 is 2.81 bits per heavy atom. The first-order valence-electron chi connectivity index (χ1n) is 4.17. The van der Waals surface area contributed by atoms with E-state index in [4.69, 9.17) is 5.11 Å². The number of carboxylic acid groups (broad SMARTS) is 1. The lowest BCUT2D eigenvalue weighted by atomic mass is 10.2. The summed E-state index contributed by atoms with van der Waals surface area (Å²) in [7, 11) is 0. The second-order valence-corrected chi connectivity index (χ2v) is 3.70. The van der Waals surface area contributed by atoms with E-state index in [-0.39, 0.29) is 15.7 Å². The highest BCUT2D eigenvalue weighted by molar-refractivity contribution is 9.10. The predicted molar refractivity (Wildman–Crippen MR) is 56.0 cm³/mol. The largest absolute Gasteiger partial charge is 0.478 e. The van der Waals surface area contributed by atoms with Crippen molar-refractivity contribution in [1.82, 2.24) is 14.8 Å². The van der Waals surface area contributed by atoms with E-state index in [0.29, 0.717) is 0 Å². The number of carboxylic acids is 1. The number of hydrogen-bond donors (Lipinski definition) is 1. The fraction of sp³-hybridized carbons (Fsp3) is 0. The Labute approximate surface area is 97.7 Å². The van der Waals surface area contributed by atoms with E-state index in [9.17, 15) is 9.18 Å². The van der Waals surface area contributed by atoms with Crippen molar-refractivity contribution in [3.05, 3.63) is 40.6 Å². The molecule has 0 spiro atoms. The zero-order chi connectivity index (χ0) is 11.7. The molecule has 0 amide bonds.